The molecule has 1 aliphatic carbocycles. The molecule has 0 spiro atoms. The molecule has 1 atom stereocenters. The predicted octanol–water partition coefficient (Wildman–Crippen LogP) is 4.81. The van der Waals surface area contributed by atoms with Crippen LogP contribution in [0.2, 0.25) is 0 Å². The maximum atomic E-state index is 14.8. The number of fused-ring (bicyclic) bond motifs is 1. The number of aromatic nitrogens is 2. The van der Waals surface area contributed by atoms with E-state index in [0.29, 0.717) is 23.1 Å². The van der Waals surface area contributed by atoms with Gasteiger partial charge in [0.25, 0.3) is 0 Å². The molecule has 2 fully saturated rings. The maximum absolute atomic E-state index is 14.8. The summed E-state index contributed by atoms with van der Waals surface area (Å²) in [5.74, 6) is 1.66. The molecule has 1 aromatic carbocycles. The van der Waals surface area contributed by atoms with Crippen molar-refractivity contribution in [1.82, 2.24) is 9.97 Å². The first-order valence-corrected chi connectivity index (χ1v) is 11.2. The number of pyridine rings is 1. The Kier molecular flexibility index (Phi) is 5.35. The van der Waals surface area contributed by atoms with Gasteiger partial charge in [0.15, 0.2) is 0 Å². The number of nitrogens with one attached hydrogen (secondary N) is 3. The molecule has 5 rings (SSSR count). The summed E-state index contributed by atoms with van der Waals surface area (Å²) >= 11 is 1.51. The number of nitrogens with zero attached hydrogens (tertiary/aromatic N) is 1. The minimum absolute atomic E-state index is 0.00484. The van der Waals surface area contributed by atoms with E-state index in [2.05, 4.69) is 20.0 Å². The highest BCUT2D eigenvalue weighted by molar-refractivity contribution is 8.00. The van der Waals surface area contributed by atoms with Gasteiger partial charge >= 0.3 is 0 Å². The Morgan fingerprint density at radius 1 is 1.27 bits per heavy atom. The van der Waals surface area contributed by atoms with Crippen molar-refractivity contribution in [3.63, 3.8) is 0 Å². The van der Waals surface area contributed by atoms with Crippen LogP contribution in [0.15, 0.2) is 36.5 Å². The second-order valence-electron chi connectivity index (χ2n) is 7.90. The van der Waals surface area contributed by atoms with Crippen molar-refractivity contribution < 1.29 is 13.9 Å². The van der Waals surface area contributed by atoms with E-state index in [1.54, 1.807) is 12.3 Å². The summed E-state index contributed by atoms with van der Waals surface area (Å²) in [6.07, 6.45) is 4.71. The van der Waals surface area contributed by atoms with Gasteiger partial charge in [-0.05, 0) is 60.6 Å². The van der Waals surface area contributed by atoms with Crippen molar-refractivity contribution >= 4 is 40.4 Å². The van der Waals surface area contributed by atoms with E-state index in [0.717, 1.165) is 54.7 Å². The summed E-state index contributed by atoms with van der Waals surface area (Å²) in [5.41, 5.74) is 2.69. The third kappa shape index (κ3) is 4.15. The number of rotatable bonds is 7. The lowest BCUT2D eigenvalue weighted by Crippen LogP contribution is -2.14. The standard InChI is InChI=1S/C22H23FN4O2S/c23-18-9-15(3-4-19(18)27-30-12-13-6-8-29-11-13)17-10-20(26-22(28)14-1-2-14)25-21-16(17)5-7-24-21/h3-5,7,9-10,13-14,27H,1-2,6,8,11-12H2,(H2,24,25,26,28). The van der Waals surface area contributed by atoms with Crippen molar-refractivity contribution in [3.05, 3.63) is 42.3 Å². The zero-order valence-electron chi connectivity index (χ0n) is 16.4. The van der Waals surface area contributed by atoms with Crippen molar-refractivity contribution in [3.8, 4) is 11.1 Å². The Morgan fingerprint density at radius 2 is 2.17 bits per heavy atom. The van der Waals surface area contributed by atoms with E-state index in [1.807, 2.05) is 18.2 Å². The van der Waals surface area contributed by atoms with Crippen LogP contribution in [0, 0.1) is 17.7 Å². The fourth-order valence-corrected chi connectivity index (χ4v) is 4.53. The molecule has 2 aliphatic rings. The average molecular weight is 427 g/mol. The molecule has 3 heterocycles. The van der Waals surface area contributed by atoms with E-state index in [9.17, 15) is 9.18 Å². The molecule has 1 aliphatic heterocycles. The Hall–Kier alpha value is -2.58. The number of carbonyl (C=O) groups excluding carboxylic acids is 1. The first kappa shape index (κ1) is 19.4. The van der Waals surface area contributed by atoms with Crippen LogP contribution >= 0.6 is 11.9 Å². The van der Waals surface area contributed by atoms with Crippen LogP contribution in [0.25, 0.3) is 22.2 Å². The monoisotopic (exact) mass is 426 g/mol. The second kappa shape index (κ2) is 8.28. The van der Waals surface area contributed by atoms with E-state index >= 15 is 0 Å². The molecule has 30 heavy (non-hydrogen) atoms. The highest BCUT2D eigenvalue weighted by atomic mass is 32.2. The van der Waals surface area contributed by atoms with Crippen LogP contribution in [0.4, 0.5) is 15.9 Å². The molecule has 1 saturated carbocycles. The Balaban J connectivity index is 1.36. The van der Waals surface area contributed by atoms with E-state index in [4.69, 9.17) is 4.74 Å². The second-order valence-corrected chi connectivity index (χ2v) is 8.72. The summed E-state index contributed by atoms with van der Waals surface area (Å²) < 4.78 is 23.3. The highest BCUT2D eigenvalue weighted by Crippen LogP contribution is 2.34. The quantitative estimate of drug-likeness (QED) is 0.473. The lowest BCUT2D eigenvalue weighted by molar-refractivity contribution is -0.117. The number of halogens is 1. The number of H-pyrrole nitrogens is 1. The van der Waals surface area contributed by atoms with Crippen molar-refractivity contribution in [2.24, 2.45) is 11.8 Å². The fraction of sp³-hybridized carbons (Fsp3) is 0.364. The number of amides is 1. The van der Waals surface area contributed by atoms with E-state index < -0.39 is 0 Å². The summed E-state index contributed by atoms with van der Waals surface area (Å²) in [6, 6.07) is 8.89. The first-order valence-electron chi connectivity index (χ1n) is 10.2. The Labute approximate surface area is 178 Å². The van der Waals surface area contributed by atoms with Crippen LogP contribution < -0.4 is 10.0 Å². The molecule has 2 aromatic heterocycles. The van der Waals surface area contributed by atoms with Gasteiger partial charge in [-0.3, -0.25) is 4.79 Å². The summed E-state index contributed by atoms with van der Waals surface area (Å²) in [6.45, 7) is 1.60. The number of aromatic amines is 1. The Morgan fingerprint density at radius 3 is 2.93 bits per heavy atom. The summed E-state index contributed by atoms with van der Waals surface area (Å²) in [5, 5.41) is 3.77. The molecule has 3 N–H and O–H groups in total. The molecule has 6 nitrogen and oxygen atoms in total. The van der Waals surface area contributed by atoms with Crippen molar-refractivity contribution in [2.75, 3.05) is 29.0 Å². The smallest absolute Gasteiger partial charge is 0.228 e. The topological polar surface area (TPSA) is 79.0 Å². The molecule has 0 bridgehead atoms. The lowest BCUT2D eigenvalue weighted by Gasteiger charge is -2.12. The fourth-order valence-electron chi connectivity index (χ4n) is 3.63. The Bertz CT molecular complexity index is 1080. The molecule has 3 aromatic rings. The van der Waals surface area contributed by atoms with Gasteiger partial charge in [-0.1, -0.05) is 18.0 Å². The van der Waals surface area contributed by atoms with Gasteiger partial charge in [-0.15, -0.1) is 0 Å². The number of ether oxygens (including phenoxy) is 1. The van der Waals surface area contributed by atoms with E-state index in [-0.39, 0.29) is 17.6 Å². The average Bonchev–Trinajstić information content (AvgIpc) is 3.26. The van der Waals surface area contributed by atoms with Crippen molar-refractivity contribution in [2.45, 2.75) is 19.3 Å². The molecule has 0 radical (unpaired) electrons. The molecule has 1 saturated heterocycles. The van der Waals surface area contributed by atoms with Gasteiger partial charge in [0.2, 0.25) is 5.91 Å². The lowest BCUT2D eigenvalue weighted by atomic mass is 10.0. The molecule has 1 unspecified atom stereocenters. The first-order chi connectivity index (χ1) is 14.7. The molecular weight excluding hydrogens is 403 g/mol. The summed E-state index contributed by atoms with van der Waals surface area (Å²) in [4.78, 5) is 19.7. The minimum atomic E-state index is -0.313. The number of hydrogen-bond acceptors (Lipinski definition) is 5. The van der Waals surface area contributed by atoms with Crippen LogP contribution in [0.3, 0.4) is 0 Å². The number of anilines is 2. The van der Waals surface area contributed by atoms with E-state index in [1.165, 1.54) is 18.0 Å². The third-order valence-corrected chi connectivity index (χ3v) is 6.54. The van der Waals surface area contributed by atoms with Crippen LogP contribution in [0.5, 0.6) is 0 Å². The molecule has 1 amide bonds. The van der Waals surface area contributed by atoms with Gasteiger partial charge in [-0.25, -0.2) is 9.37 Å². The molecule has 156 valence electrons. The normalized spacial score (nSPS) is 18.6. The summed E-state index contributed by atoms with van der Waals surface area (Å²) in [7, 11) is 0. The molecule has 8 heteroatoms. The molecular formula is C22H23FN4O2S. The number of carbonyl (C=O) groups is 1. The van der Waals surface area contributed by atoms with Gasteiger partial charge in [-0.2, -0.15) is 0 Å². The van der Waals surface area contributed by atoms with Gasteiger partial charge in [0, 0.05) is 29.9 Å². The van der Waals surface area contributed by atoms with Gasteiger partial charge < -0.3 is 19.8 Å². The van der Waals surface area contributed by atoms with Gasteiger partial charge in [0.1, 0.15) is 17.3 Å². The zero-order chi connectivity index (χ0) is 20.5. The largest absolute Gasteiger partial charge is 0.381 e. The van der Waals surface area contributed by atoms with Crippen molar-refractivity contribution in [1.29, 1.82) is 0 Å². The van der Waals surface area contributed by atoms with Crippen LogP contribution in [0.1, 0.15) is 19.3 Å². The predicted molar refractivity (Wildman–Crippen MR) is 118 cm³/mol. The SMILES string of the molecule is O=C(Nc1cc(-c2ccc(NSCC3CCOC3)c(F)c2)c2cc[nH]c2n1)C1CC1. The minimum Gasteiger partial charge on any atom is -0.381 e. The van der Waals surface area contributed by atoms with Gasteiger partial charge in [0.05, 0.1) is 12.3 Å². The third-order valence-electron chi connectivity index (χ3n) is 5.53. The number of benzene rings is 1. The van der Waals surface area contributed by atoms with Crippen LogP contribution in [-0.2, 0) is 9.53 Å². The highest BCUT2D eigenvalue weighted by Gasteiger charge is 2.30. The number of hydrogen-bond donors (Lipinski definition) is 3. The maximum Gasteiger partial charge on any atom is 0.228 e. The zero-order valence-corrected chi connectivity index (χ0v) is 17.2. The van der Waals surface area contributed by atoms with Crippen LogP contribution in [-0.4, -0.2) is 34.8 Å².